The summed E-state index contributed by atoms with van der Waals surface area (Å²) in [6.45, 7) is 1.68. The average Bonchev–Trinajstić information content (AvgIpc) is 2.85. The normalized spacial score (nSPS) is 14.4. The molecule has 0 saturated carbocycles. The van der Waals surface area contributed by atoms with Gasteiger partial charge in [-0.3, -0.25) is 9.59 Å². The van der Waals surface area contributed by atoms with Crippen molar-refractivity contribution >= 4 is 11.9 Å². The third-order valence-electron chi connectivity index (χ3n) is 3.42. The summed E-state index contributed by atoms with van der Waals surface area (Å²) in [5.74, 6) is -0.594. The first kappa shape index (κ1) is 14.4. The van der Waals surface area contributed by atoms with Crippen LogP contribution in [0.3, 0.4) is 0 Å². The van der Waals surface area contributed by atoms with Crippen molar-refractivity contribution in [3.05, 3.63) is 29.3 Å². The molecule has 1 atom stereocenters. The number of carboxylic acids is 1. The number of rotatable bonds is 6. The second-order valence-corrected chi connectivity index (χ2v) is 5.01. The monoisotopic (exact) mass is 277 g/mol. The summed E-state index contributed by atoms with van der Waals surface area (Å²) in [7, 11) is 0. The zero-order valence-corrected chi connectivity index (χ0v) is 11.5. The molecule has 0 spiro atoms. The standard InChI is InChI=1S/C15H19NO4/c1-10(15(18)19)16-14(17)7-8-20-13-6-5-11-3-2-4-12(11)9-13/h5-6,9-10H,2-4,7-8H2,1H3,(H,16,17)(H,18,19). The van der Waals surface area contributed by atoms with E-state index >= 15 is 0 Å². The minimum atomic E-state index is -1.04. The van der Waals surface area contributed by atoms with Crippen LogP contribution in [0, 0.1) is 0 Å². The van der Waals surface area contributed by atoms with Gasteiger partial charge in [-0.1, -0.05) is 6.07 Å². The number of hydrogen-bond acceptors (Lipinski definition) is 3. The number of aryl methyl sites for hydroxylation is 2. The highest BCUT2D eigenvalue weighted by Gasteiger charge is 2.14. The fourth-order valence-electron chi connectivity index (χ4n) is 2.27. The van der Waals surface area contributed by atoms with Crippen LogP contribution in [0.2, 0.25) is 0 Å². The lowest BCUT2D eigenvalue weighted by Gasteiger charge is -2.10. The summed E-state index contributed by atoms with van der Waals surface area (Å²) < 4.78 is 5.54. The summed E-state index contributed by atoms with van der Waals surface area (Å²) in [5, 5.41) is 11.1. The fourth-order valence-corrected chi connectivity index (χ4v) is 2.27. The first-order valence-corrected chi connectivity index (χ1v) is 6.83. The molecule has 2 N–H and O–H groups in total. The number of nitrogens with one attached hydrogen (secondary N) is 1. The quantitative estimate of drug-likeness (QED) is 0.827. The fraction of sp³-hybridized carbons (Fsp3) is 0.467. The van der Waals surface area contributed by atoms with Crippen LogP contribution < -0.4 is 10.1 Å². The number of ether oxygens (including phenoxy) is 1. The molecule has 0 bridgehead atoms. The Hall–Kier alpha value is -2.04. The molecule has 1 aromatic rings. The summed E-state index contributed by atoms with van der Waals surface area (Å²) in [6, 6.07) is 5.15. The predicted molar refractivity (Wildman–Crippen MR) is 73.8 cm³/mol. The lowest BCUT2D eigenvalue weighted by molar-refractivity contribution is -0.141. The highest BCUT2D eigenvalue weighted by atomic mass is 16.5. The largest absolute Gasteiger partial charge is 0.493 e. The Kier molecular flexibility index (Phi) is 4.61. The molecule has 1 aliphatic carbocycles. The summed E-state index contributed by atoms with van der Waals surface area (Å²) in [6.07, 6.45) is 3.55. The van der Waals surface area contributed by atoms with Crippen LogP contribution in [0.15, 0.2) is 18.2 Å². The number of carboxylic acid groups (broad SMARTS) is 1. The lowest BCUT2D eigenvalue weighted by atomic mass is 10.1. The van der Waals surface area contributed by atoms with E-state index in [1.807, 2.05) is 12.1 Å². The Morgan fingerprint density at radius 3 is 2.85 bits per heavy atom. The van der Waals surface area contributed by atoms with Crippen LogP contribution in [-0.2, 0) is 22.4 Å². The Morgan fingerprint density at radius 1 is 1.35 bits per heavy atom. The second-order valence-electron chi connectivity index (χ2n) is 5.01. The number of amides is 1. The number of aliphatic carboxylic acids is 1. The molecular weight excluding hydrogens is 258 g/mol. The van der Waals surface area contributed by atoms with Gasteiger partial charge >= 0.3 is 5.97 Å². The molecule has 1 unspecified atom stereocenters. The first-order valence-electron chi connectivity index (χ1n) is 6.83. The van der Waals surface area contributed by atoms with Crippen LogP contribution in [0.4, 0.5) is 0 Å². The van der Waals surface area contributed by atoms with E-state index in [1.54, 1.807) is 0 Å². The van der Waals surface area contributed by atoms with Gasteiger partial charge in [0, 0.05) is 0 Å². The zero-order chi connectivity index (χ0) is 14.5. The van der Waals surface area contributed by atoms with Gasteiger partial charge in [0.2, 0.25) is 5.91 Å². The molecule has 0 heterocycles. The smallest absolute Gasteiger partial charge is 0.325 e. The summed E-state index contributed by atoms with van der Waals surface area (Å²) in [4.78, 5) is 22.1. The van der Waals surface area contributed by atoms with E-state index < -0.39 is 12.0 Å². The molecule has 108 valence electrons. The molecule has 0 fully saturated rings. The molecule has 2 rings (SSSR count). The Balaban J connectivity index is 1.76. The minimum Gasteiger partial charge on any atom is -0.493 e. The van der Waals surface area contributed by atoms with Gasteiger partial charge in [-0.25, -0.2) is 0 Å². The maximum absolute atomic E-state index is 11.5. The van der Waals surface area contributed by atoms with Crippen molar-refractivity contribution in [3.8, 4) is 5.75 Å². The SMILES string of the molecule is CC(NC(=O)CCOc1ccc2c(c1)CCC2)C(=O)O. The molecule has 0 aromatic heterocycles. The molecule has 0 aliphatic heterocycles. The van der Waals surface area contributed by atoms with Crippen molar-refractivity contribution in [1.82, 2.24) is 5.32 Å². The number of hydrogen-bond donors (Lipinski definition) is 2. The molecule has 1 aromatic carbocycles. The van der Waals surface area contributed by atoms with Crippen molar-refractivity contribution in [2.75, 3.05) is 6.61 Å². The van der Waals surface area contributed by atoms with Crippen molar-refractivity contribution in [3.63, 3.8) is 0 Å². The molecule has 0 radical (unpaired) electrons. The Morgan fingerprint density at radius 2 is 2.10 bits per heavy atom. The van der Waals surface area contributed by atoms with Gasteiger partial charge < -0.3 is 15.2 Å². The van der Waals surface area contributed by atoms with Gasteiger partial charge in [0.1, 0.15) is 11.8 Å². The van der Waals surface area contributed by atoms with E-state index in [4.69, 9.17) is 9.84 Å². The van der Waals surface area contributed by atoms with Gasteiger partial charge in [0.15, 0.2) is 0 Å². The van der Waals surface area contributed by atoms with Crippen molar-refractivity contribution in [1.29, 1.82) is 0 Å². The molecule has 1 aliphatic rings. The van der Waals surface area contributed by atoms with Crippen LogP contribution in [0.5, 0.6) is 5.75 Å². The molecular formula is C15H19NO4. The van der Waals surface area contributed by atoms with Crippen molar-refractivity contribution < 1.29 is 19.4 Å². The molecule has 5 heteroatoms. The van der Waals surface area contributed by atoms with Crippen LogP contribution >= 0.6 is 0 Å². The average molecular weight is 277 g/mol. The van der Waals surface area contributed by atoms with Gasteiger partial charge in [-0.15, -0.1) is 0 Å². The van der Waals surface area contributed by atoms with Crippen LogP contribution in [0.25, 0.3) is 0 Å². The third-order valence-corrected chi connectivity index (χ3v) is 3.42. The maximum Gasteiger partial charge on any atom is 0.325 e. The van der Waals surface area contributed by atoms with Crippen molar-refractivity contribution in [2.45, 2.75) is 38.6 Å². The predicted octanol–water partition coefficient (Wildman–Crippen LogP) is 1.53. The lowest BCUT2D eigenvalue weighted by Crippen LogP contribution is -2.38. The minimum absolute atomic E-state index is 0.148. The maximum atomic E-state index is 11.5. The number of benzene rings is 1. The van der Waals surface area contributed by atoms with Gasteiger partial charge in [0.05, 0.1) is 13.0 Å². The van der Waals surface area contributed by atoms with E-state index in [1.165, 1.54) is 24.5 Å². The zero-order valence-electron chi connectivity index (χ0n) is 11.5. The molecule has 1 amide bonds. The van der Waals surface area contributed by atoms with E-state index in [9.17, 15) is 9.59 Å². The van der Waals surface area contributed by atoms with Gasteiger partial charge in [-0.2, -0.15) is 0 Å². The topological polar surface area (TPSA) is 75.6 Å². The third kappa shape index (κ3) is 3.73. The molecule has 0 saturated heterocycles. The van der Waals surface area contributed by atoms with E-state index in [0.29, 0.717) is 0 Å². The van der Waals surface area contributed by atoms with E-state index in [2.05, 4.69) is 11.4 Å². The Bertz CT molecular complexity index is 513. The van der Waals surface area contributed by atoms with Crippen molar-refractivity contribution in [2.24, 2.45) is 0 Å². The second kappa shape index (κ2) is 6.41. The number of carbonyl (C=O) groups excluding carboxylic acids is 1. The Labute approximate surface area is 117 Å². The highest BCUT2D eigenvalue weighted by molar-refractivity contribution is 5.83. The molecule has 5 nitrogen and oxygen atoms in total. The van der Waals surface area contributed by atoms with E-state index in [-0.39, 0.29) is 18.9 Å². The summed E-state index contributed by atoms with van der Waals surface area (Å²) in [5.41, 5.74) is 2.71. The first-order chi connectivity index (χ1) is 9.56. The van der Waals surface area contributed by atoms with Gasteiger partial charge in [0.25, 0.3) is 0 Å². The number of carbonyl (C=O) groups is 2. The highest BCUT2D eigenvalue weighted by Crippen LogP contribution is 2.25. The van der Waals surface area contributed by atoms with E-state index in [0.717, 1.165) is 18.6 Å². The summed E-state index contributed by atoms with van der Waals surface area (Å²) >= 11 is 0. The van der Waals surface area contributed by atoms with Crippen LogP contribution in [-0.4, -0.2) is 29.6 Å². The molecule has 20 heavy (non-hydrogen) atoms. The van der Waals surface area contributed by atoms with Gasteiger partial charge in [-0.05, 0) is 49.4 Å². The number of fused-ring (bicyclic) bond motifs is 1. The van der Waals surface area contributed by atoms with Crippen LogP contribution in [0.1, 0.15) is 30.9 Å².